The molecule has 3 rings (SSSR count). The van der Waals surface area contributed by atoms with E-state index in [-0.39, 0.29) is 6.61 Å². The minimum atomic E-state index is -0.407. The Labute approximate surface area is 167 Å². The molecule has 2 heterocycles. The maximum absolute atomic E-state index is 11.9. The average Bonchev–Trinajstić information content (AvgIpc) is 3.16. The minimum absolute atomic E-state index is 0.207. The van der Waals surface area contributed by atoms with Crippen LogP contribution in [0.3, 0.4) is 0 Å². The van der Waals surface area contributed by atoms with Gasteiger partial charge < -0.3 is 9.64 Å². The molecule has 1 aliphatic heterocycles. The van der Waals surface area contributed by atoms with Gasteiger partial charge in [-0.1, -0.05) is 29.3 Å². The second kappa shape index (κ2) is 9.01. The highest BCUT2D eigenvalue weighted by Crippen LogP contribution is 2.20. The zero-order valence-electron chi connectivity index (χ0n) is 14.8. The van der Waals surface area contributed by atoms with Gasteiger partial charge in [0.05, 0.1) is 11.2 Å². The first-order valence-electron chi connectivity index (χ1n) is 8.51. The van der Waals surface area contributed by atoms with Crippen LogP contribution >= 0.6 is 23.2 Å². The number of hydrazone groups is 1. The summed E-state index contributed by atoms with van der Waals surface area (Å²) < 4.78 is 5.48. The standard InChI is InChI=1S/C18H19Cl2N5O2/c1-12-8-17(23-18(22-12)25-6-2-3-7-25)27-11-16(26)24-21-10-13-4-5-14(19)9-15(13)20/h4-5,8-10H,2-3,6-7,11H2,1H3,(H,24,26). The molecule has 142 valence electrons. The Hall–Kier alpha value is -2.38. The molecule has 1 N–H and O–H groups in total. The van der Waals surface area contributed by atoms with Crippen LogP contribution in [0.25, 0.3) is 0 Å². The lowest BCUT2D eigenvalue weighted by molar-refractivity contribution is -0.123. The van der Waals surface area contributed by atoms with Gasteiger partial charge in [0.1, 0.15) is 0 Å². The van der Waals surface area contributed by atoms with E-state index in [1.54, 1.807) is 24.3 Å². The number of aryl methyl sites for hydroxylation is 1. The van der Waals surface area contributed by atoms with Gasteiger partial charge in [-0.15, -0.1) is 0 Å². The Balaban J connectivity index is 1.53. The number of amides is 1. The fourth-order valence-corrected chi connectivity index (χ4v) is 3.07. The van der Waals surface area contributed by atoms with Crippen molar-refractivity contribution >= 4 is 41.3 Å². The monoisotopic (exact) mass is 407 g/mol. The maximum Gasteiger partial charge on any atom is 0.278 e. The van der Waals surface area contributed by atoms with Crippen molar-refractivity contribution in [3.63, 3.8) is 0 Å². The molecule has 9 heteroatoms. The third kappa shape index (κ3) is 5.55. The summed E-state index contributed by atoms with van der Waals surface area (Å²) in [6.07, 6.45) is 3.70. The van der Waals surface area contributed by atoms with Crippen molar-refractivity contribution in [2.75, 3.05) is 24.6 Å². The number of carbonyl (C=O) groups is 1. The van der Waals surface area contributed by atoms with Crippen LogP contribution < -0.4 is 15.1 Å². The van der Waals surface area contributed by atoms with Crippen LogP contribution in [0.1, 0.15) is 24.1 Å². The molecular weight excluding hydrogens is 389 g/mol. The lowest BCUT2D eigenvalue weighted by Crippen LogP contribution is -2.25. The number of rotatable bonds is 6. The van der Waals surface area contributed by atoms with E-state index in [1.807, 2.05) is 6.92 Å². The third-order valence-electron chi connectivity index (χ3n) is 3.91. The van der Waals surface area contributed by atoms with Crippen molar-refractivity contribution in [2.45, 2.75) is 19.8 Å². The van der Waals surface area contributed by atoms with Gasteiger partial charge in [0.25, 0.3) is 5.91 Å². The molecule has 0 bridgehead atoms. The van der Waals surface area contributed by atoms with Crippen LogP contribution in [0.5, 0.6) is 5.88 Å². The predicted octanol–water partition coefficient (Wildman–Crippen LogP) is 3.22. The summed E-state index contributed by atoms with van der Waals surface area (Å²) in [4.78, 5) is 22.8. The summed E-state index contributed by atoms with van der Waals surface area (Å²) in [6.45, 7) is 3.53. The number of nitrogens with one attached hydrogen (secondary N) is 1. The van der Waals surface area contributed by atoms with Gasteiger partial charge in [-0.2, -0.15) is 10.1 Å². The molecule has 1 fully saturated rings. The van der Waals surface area contributed by atoms with Crippen molar-refractivity contribution < 1.29 is 9.53 Å². The number of halogens is 2. The van der Waals surface area contributed by atoms with Gasteiger partial charge in [-0.3, -0.25) is 4.79 Å². The second-order valence-electron chi connectivity index (χ2n) is 6.09. The third-order valence-corrected chi connectivity index (χ3v) is 4.48. The van der Waals surface area contributed by atoms with Gasteiger partial charge in [0.2, 0.25) is 11.8 Å². The number of nitrogens with zero attached hydrogens (tertiary/aromatic N) is 4. The number of ether oxygens (including phenoxy) is 1. The highest BCUT2D eigenvalue weighted by atomic mass is 35.5. The maximum atomic E-state index is 11.9. The molecule has 0 atom stereocenters. The van der Waals surface area contributed by atoms with Crippen molar-refractivity contribution in [1.82, 2.24) is 15.4 Å². The van der Waals surface area contributed by atoms with Crippen LogP contribution in [-0.2, 0) is 4.79 Å². The Kier molecular flexibility index (Phi) is 6.47. The molecule has 27 heavy (non-hydrogen) atoms. The molecular formula is C18H19Cl2N5O2. The van der Waals surface area contributed by atoms with Gasteiger partial charge in [-0.25, -0.2) is 10.4 Å². The summed E-state index contributed by atoms with van der Waals surface area (Å²) >= 11 is 11.9. The summed E-state index contributed by atoms with van der Waals surface area (Å²) in [7, 11) is 0. The van der Waals surface area contributed by atoms with Gasteiger partial charge in [0, 0.05) is 35.4 Å². The van der Waals surface area contributed by atoms with Crippen molar-refractivity contribution in [1.29, 1.82) is 0 Å². The quantitative estimate of drug-likeness (QED) is 0.587. The molecule has 0 spiro atoms. The topological polar surface area (TPSA) is 79.7 Å². The number of carbonyl (C=O) groups excluding carboxylic acids is 1. The van der Waals surface area contributed by atoms with Gasteiger partial charge in [0.15, 0.2) is 6.61 Å². The highest BCUT2D eigenvalue weighted by Gasteiger charge is 2.16. The number of hydrogen-bond acceptors (Lipinski definition) is 6. The molecule has 1 aliphatic rings. The van der Waals surface area contributed by atoms with E-state index in [1.165, 1.54) is 6.21 Å². The Morgan fingerprint density at radius 2 is 2.07 bits per heavy atom. The van der Waals surface area contributed by atoms with E-state index >= 15 is 0 Å². The van der Waals surface area contributed by atoms with Crippen molar-refractivity contribution in [3.05, 3.63) is 45.6 Å². The molecule has 1 aromatic carbocycles. The summed E-state index contributed by atoms with van der Waals surface area (Å²) in [6, 6.07) is 6.70. The number of aromatic nitrogens is 2. The van der Waals surface area contributed by atoms with E-state index in [0.29, 0.717) is 27.4 Å². The predicted molar refractivity (Wildman–Crippen MR) is 106 cm³/mol. The summed E-state index contributed by atoms with van der Waals surface area (Å²) in [5, 5.41) is 4.85. The Morgan fingerprint density at radius 1 is 1.30 bits per heavy atom. The van der Waals surface area contributed by atoms with Crippen LogP contribution in [0.15, 0.2) is 29.4 Å². The lowest BCUT2D eigenvalue weighted by atomic mass is 10.2. The Morgan fingerprint density at radius 3 is 2.81 bits per heavy atom. The first-order valence-corrected chi connectivity index (χ1v) is 9.27. The van der Waals surface area contributed by atoms with Crippen LogP contribution in [-0.4, -0.2) is 41.8 Å². The first kappa shape index (κ1) is 19.4. The molecule has 1 saturated heterocycles. The minimum Gasteiger partial charge on any atom is -0.467 e. The molecule has 1 aromatic heterocycles. The number of benzene rings is 1. The lowest BCUT2D eigenvalue weighted by Gasteiger charge is -2.16. The number of anilines is 1. The van der Waals surface area contributed by atoms with E-state index < -0.39 is 5.91 Å². The number of hydrogen-bond donors (Lipinski definition) is 1. The molecule has 1 amide bonds. The molecule has 7 nitrogen and oxygen atoms in total. The largest absolute Gasteiger partial charge is 0.467 e. The van der Waals surface area contributed by atoms with Crippen molar-refractivity contribution in [3.8, 4) is 5.88 Å². The highest BCUT2D eigenvalue weighted by molar-refractivity contribution is 6.36. The molecule has 0 radical (unpaired) electrons. The average molecular weight is 408 g/mol. The first-order chi connectivity index (χ1) is 13.0. The van der Waals surface area contributed by atoms with Gasteiger partial charge in [-0.05, 0) is 31.9 Å². The summed E-state index contributed by atoms with van der Waals surface area (Å²) in [5.41, 5.74) is 3.82. The molecule has 0 saturated carbocycles. The fourth-order valence-electron chi connectivity index (χ4n) is 2.61. The van der Waals surface area contributed by atoms with Crippen molar-refractivity contribution in [2.24, 2.45) is 5.10 Å². The van der Waals surface area contributed by atoms with Gasteiger partial charge >= 0.3 is 0 Å². The normalized spacial score (nSPS) is 14.0. The smallest absolute Gasteiger partial charge is 0.278 e. The molecule has 0 aliphatic carbocycles. The molecule has 2 aromatic rings. The zero-order chi connectivity index (χ0) is 19.2. The van der Waals surface area contributed by atoms with E-state index in [0.717, 1.165) is 31.6 Å². The Bertz CT molecular complexity index is 854. The SMILES string of the molecule is Cc1cc(OCC(=O)NN=Cc2ccc(Cl)cc2Cl)nc(N2CCCC2)n1. The van der Waals surface area contributed by atoms with Crippen LogP contribution in [0.4, 0.5) is 5.95 Å². The van der Waals surface area contributed by atoms with E-state index in [4.69, 9.17) is 27.9 Å². The van der Waals surface area contributed by atoms with Crippen LogP contribution in [0, 0.1) is 6.92 Å². The fraction of sp³-hybridized carbons (Fsp3) is 0.333. The second-order valence-corrected chi connectivity index (χ2v) is 6.93. The summed E-state index contributed by atoms with van der Waals surface area (Å²) in [5.74, 6) is 0.595. The van der Waals surface area contributed by atoms with Crippen LogP contribution in [0.2, 0.25) is 10.0 Å². The molecule has 0 unspecified atom stereocenters. The zero-order valence-corrected chi connectivity index (χ0v) is 16.3. The van der Waals surface area contributed by atoms with E-state index in [2.05, 4.69) is 25.4 Å². The van der Waals surface area contributed by atoms with E-state index in [9.17, 15) is 4.79 Å².